The lowest BCUT2D eigenvalue weighted by Crippen LogP contribution is -2.28. The van der Waals surface area contributed by atoms with Crippen LogP contribution in [0.25, 0.3) is 0 Å². The third-order valence-electron chi connectivity index (χ3n) is 2.50. The molecule has 0 aliphatic rings. The van der Waals surface area contributed by atoms with Gasteiger partial charge >= 0.3 is 5.97 Å². The highest BCUT2D eigenvalue weighted by atomic mass is 16.5. The predicted molar refractivity (Wildman–Crippen MR) is 70.7 cm³/mol. The van der Waals surface area contributed by atoms with Gasteiger partial charge in [0.15, 0.2) is 5.78 Å². The number of rotatable bonds is 6. The number of hydrogen-bond donors (Lipinski definition) is 0. The largest absolute Gasteiger partial charge is 0.466 e. The smallest absolute Gasteiger partial charge is 0.313 e. The van der Waals surface area contributed by atoms with Crippen molar-refractivity contribution in [1.29, 1.82) is 5.26 Å². The molecule has 0 amide bonds. The number of carbonyl (C=O) groups is 2. The van der Waals surface area contributed by atoms with E-state index in [-0.39, 0.29) is 25.4 Å². The molecule has 0 unspecified atom stereocenters. The molecule has 5 nitrogen and oxygen atoms in total. The second kappa shape index (κ2) is 7.17. The van der Waals surface area contributed by atoms with E-state index in [0.29, 0.717) is 11.3 Å². The summed E-state index contributed by atoms with van der Waals surface area (Å²) in [5.41, 5.74) is 1.16. The Balaban J connectivity index is 2.64. The van der Waals surface area contributed by atoms with Gasteiger partial charge in [-0.15, -0.1) is 0 Å². The summed E-state index contributed by atoms with van der Waals surface area (Å²) in [5, 5.41) is 8.98. The van der Waals surface area contributed by atoms with E-state index >= 15 is 0 Å². The highest BCUT2D eigenvalue weighted by Gasteiger charge is 2.14. The van der Waals surface area contributed by atoms with E-state index in [1.807, 2.05) is 0 Å². The van der Waals surface area contributed by atoms with Crippen molar-refractivity contribution >= 4 is 17.4 Å². The van der Waals surface area contributed by atoms with Gasteiger partial charge in [-0.1, -0.05) is 12.1 Å². The molecule has 0 N–H and O–H groups in total. The maximum Gasteiger partial charge on any atom is 0.313 e. The standard InChI is InChI=1S/C14H16N2O3/c1-3-19-14(18)8-12(17)10-16(2)13-7-5-4-6-11(13)9-15/h4-7H,3,8,10H2,1-2H3. The van der Waals surface area contributed by atoms with Crippen LogP contribution in [0.1, 0.15) is 18.9 Å². The van der Waals surface area contributed by atoms with Crippen molar-refractivity contribution in [2.24, 2.45) is 0 Å². The van der Waals surface area contributed by atoms with E-state index in [1.54, 1.807) is 43.1 Å². The number of hydrogen-bond acceptors (Lipinski definition) is 5. The van der Waals surface area contributed by atoms with Crippen LogP contribution in [0.4, 0.5) is 5.69 Å². The van der Waals surface area contributed by atoms with E-state index in [2.05, 4.69) is 6.07 Å². The summed E-state index contributed by atoms with van der Waals surface area (Å²) in [6.45, 7) is 2.02. The first-order chi connectivity index (χ1) is 9.08. The summed E-state index contributed by atoms with van der Waals surface area (Å²) in [6.07, 6.45) is -0.243. The highest BCUT2D eigenvalue weighted by molar-refractivity contribution is 5.97. The first-order valence-corrected chi connectivity index (χ1v) is 5.96. The van der Waals surface area contributed by atoms with Gasteiger partial charge in [0.2, 0.25) is 0 Å². The van der Waals surface area contributed by atoms with Gasteiger partial charge in [0.05, 0.1) is 24.4 Å². The summed E-state index contributed by atoms with van der Waals surface area (Å²) in [4.78, 5) is 24.5. The molecule has 0 radical (unpaired) electrons. The quantitative estimate of drug-likeness (QED) is 0.573. The fourth-order valence-electron chi connectivity index (χ4n) is 1.68. The molecule has 1 rings (SSSR count). The minimum Gasteiger partial charge on any atom is -0.466 e. The number of benzene rings is 1. The highest BCUT2D eigenvalue weighted by Crippen LogP contribution is 2.17. The van der Waals surface area contributed by atoms with Crippen LogP contribution in [0.2, 0.25) is 0 Å². The van der Waals surface area contributed by atoms with Crippen LogP contribution in [-0.4, -0.2) is 32.0 Å². The maximum absolute atomic E-state index is 11.7. The maximum atomic E-state index is 11.7. The van der Waals surface area contributed by atoms with Crippen molar-refractivity contribution in [2.75, 3.05) is 25.1 Å². The van der Waals surface area contributed by atoms with Crippen LogP contribution in [0.15, 0.2) is 24.3 Å². The Morgan fingerprint density at radius 2 is 2.05 bits per heavy atom. The van der Waals surface area contributed by atoms with Gasteiger partial charge in [-0.3, -0.25) is 9.59 Å². The van der Waals surface area contributed by atoms with Gasteiger partial charge in [0, 0.05) is 7.05 Å². The predicted octanol–water partition coefficient (Wildman–Crippen LogP) is 1.52. The molecule has 0 spiro atoms. The minimum atomic E-state index is -0.519. The minimum absolute atomic E-state index is 0.0670. The Morgan fingerprint density at radius 3 is 2.68 bits per heavy atom. The monoisotopic (exact) mass is 260 g/mol. The number of esters is 1. The second-order valence-electron chi connectivity index (χ2n) is 4.01. The molecular weight excluding hydrogens is 244 g/mol. The van der Waals surface area contributed by atoms with Crippen LogP contribution in [0, 0.1) is 11.3 Å². The van der Waals surface area contributed by atoms with E-state index in [9.17, 15) is 9.59 Å². The van der Waals surface area contributed by atoms with Gasteiger partial charge < -0.3 is 9.64 Å². The summed E-state index contributed by atoms with van der Waals surface area (Å²) in [7, 11) is 1.71. The third kappa shape index (κ3) is 4.43. The van der Waals surface area contributed by atoms with Gasteiger partial charge in [-0.05, 0) is 19.1 Å². The molecule has 1 aromatic carbocycles. The van der Waals surface area contributed by atoms with Crippen LogP contribution in [-0.2, 0) is 14.3 Å². The summed E-state index contributed by atoms with van der Waals surface area (Å²) in [6, 6.07) is 9.06. The lowest BCUT2D eigenvalue weighted by atomic mass is 10.1. The first kappa shape index (κ1) is 14.7. The van der Waals surface area contributed by atoms with Gasteiger partial charge in [-0.2, -0.15) is 5.26 Å². The van der Waals surface area contributed by atoms with Crippen molar-refractivity contribution in [3.8, 4) is 6.07 Å². The number of carbonyl (C=O) groups excluding carboxylic acids is 2. The van der Waals surface area contributed by atoms with E-state index in [1.165, 1.54) is 0 Å². The Kier molecular flexibility index (Phi) is 5.55. The van der Waals surface area contributed by atoms with Crippen LogP contribution in [0.5, 0.6) is 0 Å². The van der Waals surface area contributed by atoms with Crippen molar-refractivity contribution in [3.63, 3.8) is 0 Å². The molecule has 0 aliphatic heterocycles. The fraction of sp³-hybridized carbons (Fsp3) is 0.357. The van der Waals surface area contributed by atoms with E-state index in [0.717, 1.165) is 0 Å². The van der Waals surface area contributed by atoms with Crippen LogP contribution < -0.4 is 4.90 Å². The van der Waals surface area contributed by atoms with Gasteiger partial charge in [-0.25, -0.2) is 0 Å². The van der Waals surface area contributed by atoms with Crippen molar-refractivity contribution in [2.45, 2.75) is 13.3 Å². The first-order valence-electron chi connectivity index (χ1n) is 5.96. The van der Waals surface area contributed by atoms with Crippen molar-refractivity contribution in [3.05, 3.63) is 29.8 Å². The number of anilines is 1. The average molecular weight is 260 g/mol. The summed E-state index contributed by atoms with van der Waals surface area (Å²) < 4.78 is 4.71. The number of ketones is 1. The Labute approximate surface area is 112 Å². The number of likely N-dealkylation sites (N-methyl/N-ethyl adjacent to an activating group) is 1. The number of nitriles is 1. The Bertz CT molecular complexity index is 506. The summed E-state index contributed by atoms with van der Waals surface area (Å²) >= 11 is 0. The van der Waals surface area contributed by atoms with E-state index in [4.69, 9.17) is 10.00 Å². The lowest BCUT2D eigenvalue weighted by Gasteiger charge is -2.19. The van der Waals surface area contributed by atoms with Gasteiger partial charge in [0.1, 0.15) is 12.5 Å². The topological polar surface area (TPSA) is 70.4 Å². The number of ether oxygens (including phenoxy) is 1. The molecule has 100 valence electrons. The zero-order valence-corrected chi connectivity index (χ0v) is 11.0. The number of para-hydroxylation sites is 1. The molecule has 0 aliphatic carbocycles. The summed E-state index contributed by atoms with van der Waals surface area (Å²) in [5.74, 6) is -0.761. The normalized spacial score (nSPS) is 9.53. The number of Topliss-reactive ketones (excluding diaryl/α,β-unsaturated/α-hetero) is 1. The zero-order valence-electron chi connectivity index (χ0n) is 11.0. The number of nitrogens with zero attached hydrogens (tertiary/aromatic N) is 2. The zero-order chi connectivity index (χ0) is 14.3. The molecule has 0 atom stereocenters. The Hall–Kier alpha value is -2.35. The van der Waals surface area contributed by atoms with E-state index < -0.39 is 5.97 Å². The van der Waals surface area contributed by atoms with Crippen LogP contribution in [0.3, 0.4) is 0 Å². The Morgan fingerprint density at radius 1 is 1.37 bits per heavy atom. The van der Waals surface area contributed by atoms with Crippen molar-refractivity contribution < 1.29 is 14.3 Å². The molecule has 5 heteroatoms. The molecule has 0 heterocycles. The molecule has 0 fully saturated rings. The van der Waals surface area contributed by atoms with Gasteiger partial charge in [0.25, 0.3) is 0 Å². The van der Waals surface area contributed by atoms with Crippen LogP contribution >= 0.6 is 0 Å². The molecule has 0 aromatic heterocycles. The molecule has 1 aromatic rings. The fourth-order valence-corrected chi connectivity index (χ4v) is 1.68. The second-order valence-corrected chi connectivity index (χ2v) is 4.01. The SMILES string of the molecule is CCOC(=O)CC(=O)CN(C)c1ccccc1C#N. The molecular formula is C14H16N2O3. The van der Waals surface area contributed by atoms with Crippen molar-refractivity contribution in [1.82, 2.24) is 0 Å². The molecule has 0 bridgehead atoms. The molecule has 0 saturated carbocycles. The lowest BCUT2D eigenvalue weighted by molar-refractivity contribution is -0.145. The third-order valence-corrected chi connectivity index (χ3v) is 2.50. The average Bonchev–Trinajstić information content (AvgIpc) is 2.38. The molecule has 0 saturated heterocycles. The molecule has 19 heavy (non-hydrogen) atoms.